The van der Waals surface area contributed by atoms with E-state index < -0.39 is 4.92 Å². The lowest BCUT2D eigenvalue weighted by Crippen LogP contribution is -2.00. The normalized spacial score (nSPS) is 9.80. The van der Waals surface area contributed by atoms with Crippen LogP contribution in [0.2, 0.25) is 5.02 Å². The first-order valence-electron chi connectivity index (χ1n) is 5.66. The zero-order valence-electron chi connectivity index (χ0n) is 10.2. The zero-order chi connectivity index (χ0) is 14.5. The van der Waals surface area contributed by atoms with Gasteiger partial charge in [0.05, 0.1) is 27.1 Å². The Kier molecular flexibility index (Phi) is 4.18. The van der Waals surface area contributed by atoms with Gasteiger partial charge in [-0.15, -0.1) is 0 Å². The van der Waals surface area contributed by atoms with Crippen LogP contribution in [0.4, 0.5) is 5.69 Å². The number of rotatable bonds is 4. The average molecular weight is 289 g/mol. The van der Waals surface area contributed by atoms with E-state index in [0.29, 0.717) is 21.9 Å². The molecule has 2 aromatic rings. The van der Waals surface area contributed by atoms with Gasteiger partial charge in [-0.05, 0) is 24.3 Å². The quantitative estimate of drug-likeness (QED) is 0.635. The summed E-state index contributed by atoms with van der Waals surface area (Å²) in [5.74, 6) is 0.379. The van der Waals surface area contributed by atoms with Gasteiger partial charge in [-0.25, -0.2) is 0 Å². The Morgan fingerprint density at radius 1 is 1.30 bits per heavy atom. The van der Waals surface area contributed by atoms with Crippen LogP contribution >= 0.6 is 11.6 Å². The summed E-state index contributed by atoms with van der Waals surface area (Å²) in [4.78, 5) is 10.4. The molecular formula is C14H9ClN2O3. The fourth-order valence-electron chi connectivity index (χ4n) is 1.65. The van der Waals surface area contributed by atoms with Crippen LogP contribution in [-0.2, 0) is 6.61 Å². The van der Waals surface area contributed by atoms with E-state index in [-0.39, 0.29) is 12.3 Å². The summed E-state index contributed by atoms with van der Waals surface area (Å²) < 4.78 is 5.47. The largest absolute Gasteiger partial charge is 0.487 e. The number of benzene rings is 2. The van der Waals surface area contributed by atoms with Crippen LogP contribution in [0.5, 0.6) is 5.75 Å². The van der Waals surface area contributed by atoms with Crippen molar-refractivity contribution in [3.8, 4) is 11.8 Å². The molecule has 0 aliphatic heterocycles. The molecule has 0 aliphatic rings. The van der Waals surface area contributed by atoms with Gasteiger partial charge < -0.3 is 4.74 Å². The molecule has 0 saturated heterocycles. The minimum Gasteiger partial charge on any atom is -0.487 e. The molecule has 0 spiro atoms. The Hall–Kier alpha value is -2.58. The summed E-state index contributed by atoms with van der Waals surface area (Å²) in [6.07, 6.45) is 0. The number of nitro benzene ring substituents is 1. The van der Waals surface area contributed by atoms with Crippen molar-refractivity contribution in [3.63, 3.8) is 0 Å². The van der Waals surface area contributed by atoms with E-state index in [1.807, 2.05) is 6.07 Å². The minimum absolute atomic E-state index is 0.00253. The topological polar surface area (TPSA) is 76.2 Å². The Morgan fingerprint density at radius 3 is 2.70 bits per heavy atom. The molecule has 0 aliphatic carbocycles. The van der Waals surface area contributed by atoms with Crippen LogP contribution in [0, 0.1) is 21.4 Å². The maximum atomic E-state index is 10.9. The van der Waals surface area contributed by atoms with Gasteiger partial charge in [0.2, 0.25) is 0 Å². The first kappa shape index (κ1) is 13.8. The van der Waals surface area contributed by atoms with Crippen molar-refractivity contribution in [3.05, 3.63) is 68.7 Å². The monoisotopic (exact) mass is 288 g/mol. The van der Waals surface area contributed by atoms with E-state index in [9.17, 15) is 10.1 Å². The SMILES string of the molecule is N#Cc1ccc(OCc2ccccc2[N+](=O)[O-])c(Cl)c1. The van der Waals surface area contributed by atoms with Crippen molar-refractivity contribution in [2.45, 2.75) is 6.61 Å². The smallest absolute Gasteiger partial charge is 0.276 e. The Morgan fingerprint density at radius 2 is 2.05 bits per heavy atom. The number of nitro groups is 1. The molecule has 0 amide bonds. The molecular weight excluding hydrogens is 280 g/mol. The highest BCUT2D eigenvalue weighted by atomic mass is 35.5. The van der Waals surface area contributed by atoms with Gasteiger partial charge in [-0.2, -0.15) is 5.26 Å². The Bertz CT molecular complexity index is 695. The summed E-state index contributed by atoms with van der Waals surface area (Å²) in [6.45, 7) is 0.0305. The lowest BCUT2D eigenvalue weighted by atomic mass is 10.2. The zero-order valence-corrected chi connectivity index (χ0v) is 11.0. The summed E-state index contributed by atoms with van der Waals surface area (Å²) in [5.41, 5.74) is 0.878. The van der Waals surface area contributed by atoms with Crippen LogP contribution < -0.4 is 4.74 Å². The fourth-order valence-corrected chi connectivity index (χ4v) is 1.89. The van der Waals surface area contributed by atoms with Gasteiger partial charge in [0.25, 0.3) is 5.69 Å². The summed E-state index contributed by atoms with van der Waals surface area (Å²) in [6, 6.07) is 12.9. The number of hydrogen-bond donors (Lipinski definition) is 0. The molecule has 0 N–H and O–H groups in total. The minimum atomic E-state index is -0.459. The molecule has 0 unspecified atom stereocenters. The molecule has 0 radical (unpaired) electrons. The van der Waals surface area contributed by atoms with Gasteiger partial charge in [-0.3, -0.25) is 10.1 Å². The maximum absolute atomic E-state index is 10.9. The third-order valence-corrected chi connectivity index (χ3v) is 2.93. The number of para-hydroxylation sites is 1. The van der Waals surface area contributed by atoms with E-state index in [1.54, 1.807) is 30.3 Å². The van der Waals surface area contributed by atoms with Crippen molar-refractivity contribution in [2.75, 3.05) is 0 Å². The molecule has 6 heteroatoms. The van der Waals surface area contributed by atoms with Crippen LogP contribution in [0.1, 0.15) is 11.1 Å². The van der Waals surface area contributed by atoms with E-state index in [4.69, 9.17) is 21.6 Å². The number of halogens is 1. The predicted molar refractivity (Wildman–Crippen MR) is 73.6 cm³/mol. The van der Waals surface area contributed by atoms with Crippen molar-refractivity contribution in [1.29, 1.82) is 5.26 Å². The van der Waals surface area contributed by atoms with Crippen LogP contribution in [-0.4, -0.2) is 4.92 Å². The van der Waals surface area contributed by atoms with Gasteiger partial charge in [0, 0.05) is 6.07 Å². The molecule has 20 heavy (non-hydrogen) atoms. The first-order valence-corrected chi connectivity index (χ1v) is 6.04. The van der Waals surface area contributed by atoms with Gasteiger partial charge >= 0.3 is 0 Å². The highest BCUT2D eigenvalue weighted by Gasteiger charge is 2.13. The van der Waals surface area contributed by atoms with Gasteiger partial charge in [-0.1, -0.05) is 23.7 Å². The summed E-state index contributed by atoms with van der Waals surface area (Å²) >= 11 is 5.97. The molecule has 0 bridgehead atoms. The average Bonchev–Trinajstić information content (AvgIpc) is 2.46. The maximum Gasteiger partial charge on any atom is 0.276 e. The summed E-state index contributed by atoms with van der Waals surface area (Å²) in [7, 11) is 0. The molecule has 0 saturated carbocycles. The molecule has 5 nitrogen and oxygen atoms in total. The highest BCUT2D eigenvalue weighted by molar-refractivity contribution is 6.32. The molecule has 0 heterocycles. The number of nitrogens with zero attached hydrogens (tertiary/aromatic N) is 2. The summed E-state index contributed by atoms with van der Waals surface area (Å²) in [5, 5.41) is 19.9. The second-order valence-electron chi connectivity index (χ2n) is 3.93. The van der Waals surface area contributed by atoms with Gasteiger partial charge in [0.15, 0.2) is 0 Å². The van der Waals surface area contributed by atoms with Crippen molar-refractivity contribution < 1.29 is 9.66 Å². The second-order valence-corrected chi connectivity index (χ2v) is 4.34. The van der Waals surface area contributed by atoms with Crippen LogP contribution in [0.15, 0.2) is 42.5 Å². The third kappa shape index (κ3) is 3.05. The van der Waals surface area contributed by atoms with E-state index in [2.05, 4.69) is 0 Å². The third-order valence-electron chi connectivity index (χ3n) is 2.63. The number of ether oxygens (including phenoxy) is 1. The molecule has 0 atom stereocenters. The highest BCUT2D eigenvalue weighted by Crippen LogP contribution is 2.27. The van der Waals surface area contributed by atoms with E-state index in [1.165, 1.54) is 12.1 Å². The number of hydrogen-bond acceptors (Lipinski definition) is 4. The molecule has 0 aromatic heterocycles. The fraction of sp³-hybridized carbons (Fsp3) is 0.0714. The van der Waals surface area contributed by atoms with Gasteiger partial charge in [0.1, 0.15) is 12.4 Å². The Labute approximate surface area is 120 Å². The van der Waals surface area contributed by atoms with Crippen molar-refractivity contribution in [1.82, 2.24) is 0 Å². The van der Waals surface area contributed by atoms with Crippen LogP contribution in [0.25, 0.3) is 0 Å². The number of nitriles is 1. The molecule has 0 fully saturated rings. The second kappa shape index (κ2) is 6.04. The lowest BCUT2D eigenvalue weighted by molar-refractivity contribution is -0.385. The van der Waals surface area contributed by atoms with E-state index in [0.717, 1.165) is 0 Å². The van der Waals surface area contributed by atoms with Crippen molar-refractivity contribution in [2.24, 2.45) is 0 Å². The Balaban J connectivity index is 2.18. The van der Waals surface area contributed by atoms with Crippen LogP contribution in [0.3, 0.4) is 0 Å². The standard InChI is InChI=1S/C14H9ClN2O3/c15-12-7-10(8-16)5-6-14(12)20-9-11-3-1-2-4-13(11)17(18)19/h1-7H,9H2. The molecule has 100 valence electrons. The predicted octanol–water partition coefficient (Wildman–Crippen LogP) is 3.70. The lowest BCUT2D eigenvalue weighted by Gasteiger charge is -2.08. The molecule has 2 aromatic carbocycles. The van der Waals surface area contributed by atoms with E-state index >= 15 is 0 Å². The van der Waals surface area contributed by atoms with Crippen molar-refractivity contribution >= 4 is 17.3 Å². The first-order chi connectivity index (χ1) is 9.61. The molecule has 2 rings (SSSR count).